The maximum Gasteiger partial charge on any atom is 0.0707 e. The van der Waals surface area contributed by atoms with Gasteiger partial charge in [-0.2, -0.15) is 11.8 Å². The maximum absolute atomic E-state index is 5.88. The van der Waals surface area contributed by atoms with Gasteiger partial charge in [0, 0.05) is 24.9 Å². The lowest BCUT2D eigenvalue weighted by atomic mass is 10.1. The Labute approximate surface area is 104 Å². The van der Waals surface area contributed by atoms with E-state index in [2.05, 4.69) is 25.1 Å². The van der Waals surface area contributed by atoms with Crippen molar-refractivity contribution < 1.29 is 4.74 Å². The Hall–Kier alpha value is 0.230. The molecule has 2 N–H and O–H groups in total. The molecular weight excluding hydrogens is 220 g/mol. The van der Waals surface area contributed by atoms with Crippen LogP contribution >= 0.6 is 11.8 Å². The van der Waals surface area contributed by atoms with Crippen LogP contribution in [0.15, 0.2) is 0 Å². The molecule has 0 aromatic rings. The summed E-state index contributed by atoms with van der Waals surface area (Å²) in [5, 5.41) is 0. The fraction of sp³-hybridized carbons (Fsp3) is 1.00. The number of ether oxygens (including phenoxy) is 1. The molecule has 0 aromatic carbocycles. The fourth-order valence-electron chi connectivity index (χ4n) is 2.31. The van der Waals surface area contributed by atoms with Gasteiger partial charge in [0.25, 0.3) is 0 Å². The van der Waals surface area contributed by atoms with Gasteiger partial charge in [-0.25, -0.2) is 0 Å². The van der Waals surface area contributed by atoms with Gasteiger partial charge >= 0.3 is 0 Å². The molecule has 0 saturated carbocycles. The van der Waals surface area contributed by atoms with Gasteiger partial charge in [-0.3, -0.25) is 0 Å². The van der Waals surface area contributed by atoms with Gasteiger partial charge in [0.2, 0.25) is 0 Å². The molecule has 3 nitrogen and oxygen atoms in total. The predicted octanol–water partition coefficient (Wildman–Crippen LogP) is 1.57. The van der Waals surface area contributed by atoms with Crippen LogP contribution in [0, 0.1) is 0 Å². The minimum absolute atomic E-state index is 0.305. The maximum atomic E-state index is 5.88. The first-order valence-corrected chi connectivity index (χ1v) is 7.65. The van der Waals surface area contributed by atoms with E-state index in [4.69, 9.17) is 10.5 Å². The zero-order valence-corrected chi connectivity index (χ0v) is 11.6. The van der Waals surface area contributed by atoms with Crippen molar-refractivity contribution in [1.29, 1.82) is 0 Å². The predicted molar refractivity (Wildman–Crippen MR) is 72.0 cm³/mol. The van der Waals surface area contributed by atoms with Gasteiger partial charge in [-0.05, 0) is 32.6 Å². The van der Waals surface area contributed by atoms with Crippen LogP contribution in [0.2, 0.25) is 0 Å². The lowest BCUT2D eigenvalue weighted by molar-refractivity contribution is 0.0256. The Bertz CT molecular complexity index is 192. The summed E-state index contributed by atoms with van der Waals surface area (Å²) in [7, 11) is 2.21. The molecule has 3 unspecified atom stereocenters. The van der Waals surface area contributed by atoms with Gasteiger partial charge in [-0.1, -0.05) is 6.92 Å². The van der Waals surface area contributed by atoms with E-state index in [1.807, 2.05) is 11.8 Å². The first kappa shape index (κ1) is 14.3. The molecule has 1 rings (SSSR count). The van der Waals surface area contributed by atoms with Crippen LogP contribution in [0.4, 0.5) is 0 Å². The summed E-state index contributed by atoms with van der Waals surface area (Å²) in [4.78, 5) is 2.44. The highest BCUT2D eigenvalue weighted by molar-refractivity contribution is 7.98. The molecule has 1 aliphatic heterocycles. The lowest BCUT2D eigenvalue weighted by Crippen LogP contribution is -2.39. The van der Waals surface area contributed by atoms with E-state index in [0.29, 0.717) is 24.8 Å². The van der Waals surface area contributed by atoms with Crippen LogP contribution < -0.4 is 5.73 Å². The summed E-state index contributed by atoms with van der Waals surface area (Å²) < 4.78 is 5.88. The molecule has 0 radical (unpaired) electrons. The Morgan fingerprint density at radius 3 is 2.62 bits per heavy atom. The lowest BCUT2D eigenvalue weighted by Gasteiger charge is -2.29. The minimum atomic E-state index is 0.305. The Balaban J connectivity index is 2.30. The molecule has 1 heterocycles. The molecule has 0 aliphatic carbocycles. The molecular formula is C12H26N2OS. The first-order chi connectivity index (χ1) is 7.71. The molecule has 0 bridgehead atoms. The van der Waals surface area contributed by atoms with E-state index >= 15 is 0 Å². The van der Waals surface area contributed by atoms with Crippen molar-refractivity contribution >= 4 is 11.8 Å². The standard InChI is InChI=1S/C12H26N2OS/c1-4-10(9-16-3)14(2)8-12-6-5-11(7-13)15-12/h10-12H,4-9,13H2,1-3H3. The van der Waals surface area contributed by atoms with Crippen LogP contribution in [0.25, 0.3) is 0 Å². The summed E-state index contributed by atoms with van der Waals surface area (Å²) >= 11 is 1.92. The van der Waals surface area contributed by atoms with Crippen LogP contribution in [0.1, 0.15) is 26.2 Å². The van der Waals surface area contributed by atoms with Crippen molar-refractivity contribution in [2.24, 2.45) is 5.73 Å². The third kappa shape index (κ3) is 4.24. The number of hydrogen-bond acceptors (Lipinski definition) is 4. The summed E-state index contributed by atoms with van der Waals surface area (Å²) in [6, 6.07) is 0.676. The van der Waals surface area contributed by atoms with Gasteiger partial charge in [-0.15, -0.1) is 0 Å². The normalized spacial score (nSPS) is 27.6. The van der Waals surface area contributed by atoms with Gasteiger partial charge in [0.05, 0.1) is 12.2 Å². The second-order valence-corrected chi connectivity index (χ2v) is 5.56. The molecule has 3 atom stereocenters. The van der Waals surface area contributed by atoms with Crippen molar-refractivity contribution in [1.82, 2.24) is 4.90 Å². The number of nitrogens with two attached hydrogens (primary N) is 1. The van der Waals surface area contributed by atoms with E-state index < -0.39 is 0 Å². The number of likely N-dealkylation sites (N-methyl/N-ethyl adjacent to an activating group) is 1. The number of rotatable bonds is 7. The van der Waals surface area contributed by atoms with Crippen molar-refractivity contribution in [3.05, 3.63) is 0 Å². The van der Waals surface area contributed by atoms with E-state index in [9.17, 15) is 0 Å². The topological polar surface area (TPSA) is 38.5 Å². The summed E-state index contributed by atoms with van der Waals surface area (Å²) in [6.07, 6.45) is 6.39. The quantitative estimate of drug-likeness (QED) is 0.740. The van der Waals surface area contributed by atoms with Gasteiger partial charge in [0.15, 0.2) is 0 Å². The Kier molecular flexibility index (Phi) is 6.73. The third-order valence-electron chi connectivity index (χ3n) is 3.40. The van der Waals surface area contributed by atoms with Crippen LogP contribution in [-0.4, -0.2) is 55.3 Å². The Morgan fingerprint density at radius 2 is 2.12 bits per heavy atom. The van der Waals surface area contributed by atoms with Crippen LogP contribution in [0.5, 0.6) is 0 Å². The highest BCUT2D eigenvalue weighted by Crippen LogP contribution is 2.20. The molecule has 0 amide bonds. The molecule has 16 heavy (non-hydrogen) atoms. The van der Waals surface area contributed by atoms with E-state index in [1.165, 1.54) is 18.6 Å². The Morgan fingerprint density at radius 1 is 1.44 bits per heavy atom. The van der Waals surface area contributed by atoms with E-state index in [-0.39, 0.29) is 0 Å². The van der Waals surface area contributed by atoms with Gasteiger partial charge in [0.1, 0.15) is 0 Å². The monoisotopic (exact) mass is 246 g/mol. The second-order valence-electron chi connectivity index (χ2n) is 4.65. The summed E-state index contributed by atoms with van der Waals surface area (Å²) in [5.74, 6) is 1.21. The molecule has 96 valence electrons. The van der Waals surface area contributed by atoms with Crippen molar-refractivity contribution in [2.45, 2.75) is 44.4 Å². The fourth-order valence-corrected chi connectivity index (χ4v) is 3.18. The molecule has 1 saturated heterocycles. The number of nitrogens with zero attached hydrogens (tertiary/aromatic N) is 1. The van der Waals surface area contributed by atoms with Crippen molar-refractivity contribution in [2.75, 3.05) is 32.1 Å². The van der Waals surface area contributed by atoms with Crippen molar-refractivity contribution in [3.8, 4) is 0 Å². The average Bonchev–Trinajstić information content (AvgIpc) is 2.73. The molecule has 4 heteroatoms. The van der Waals surface area contributed by atoms with Crippen LogP contribution in [0.3, 0.4) is 0 Å². The summed E-state index contributed by atoms with van der Waals surface area (Å²) in [6.45, 7) is 3.98. The van der Waals surface area contributed by atoms with Gasteiger partial charge < -0.3 is 15.4 Å². The zero-order valence-electron chi connectivity index (χ0n) is 10.8. The minimum Gasteiger partial charge on any atom is -0.372 e. The highest BCUT2D eigenvalue weighted by atomic mass is 32.2. The summed E-state index contributed by atoms with van der Waals surface area (Å²) in [5.41, 5.74) is 5.62. The largest absolute Gasteiger partial charge is 0.372 e. The average molecular weight is 246 g/mol. The smallest absolute Gasteiger partial charge is 0.0707 e. The first-order valence-electron chi connectivity index (χ1n) is 6.25. The number of thioether (sulfide) groups is 1. The molecule has 0 aromatic heterocycles. The third-order valence-corrected chi connectivity index (χ3v) is 4.12. The van der Waals surface area contributed by atoms with Crippen molar-refractivity contribution in [3.63, 3.8) is 0 Å². The molecule has 1 fully saturated rings. The van der Waals surface area contributed by atoms with E-state index in [0.717, 1.165) is 13.0 Å². The molecule has 0 spiro atoms. The highest BCUT2D eigenvalue weighted by Gasteiger charge is 2.26. The zero-order chi connectivity index (χ0) is 12.0. The second kappa shape index (κ2) is 7.54. The van der Waals surface area contributed by atoms with E-state index in [1.54, 1.807) is 0 Å². The van der Waals surface area contributed by atoms with Crippen LogP contribution in [-0.2, 0) is 4.74 Å². The number of hydrogen-bond donors (Lipinski definition) is 1. The molecule has 1 aliphatic rings. The SMILES string of the molecule is CCC(CSC)N(C)CC1CCC(CN)O1.